The monoisotopic (exact) mass is 429 g/mol. The number of rotatable bonds is 5. The molecule has 7 nitrogen and oxygen atoms in total. The summed E-state index contributed by atoms with van der Waals surface area (Å²) in [5.41, 5.74) is -0.274. The smallest absolute Gasteiger partial charge is 0.337 e. The molecule has 0 aliphatic rings. The highest BCUT2D eigenvalue weighted by molar-refractivity contribution is 7.99. The standard InChI is InChI=1S/C15H9Cl2N3O4S2/c16-7-2-1-3-8(11(7)17)18-9(21)5-26-15-19-12(22)10-6(14(23)24)4-25-13(10)20-15/h1-4H,5H2,(H,18,21)(H,23,24)(H,19,20,22). The number of nitrogens with zero attached hydrogens (tertiary/aromatic N) is 1. The van der Waals surface area contributed by atoms with Crippen molar-refractivity contribution < 1.29 is 14.7 Å². The van der Waals surface area contributed by atoms with E-state index in [-0.39, 0.29) is 32.8 Å². The number of benzene rings is 1. The highest BCUT2D eigenvalue weighted by atomic mass is 35.5. The summed E-state index contributed by atoms with van der Waals surface area (Å²) in [6.07, 6.45) is 0. The second-order valence-electron chi connectivity index (χ2n) is 4.94. The fraction of sp³-hybridized carbons (Fsp3) is 0.0667. The Morgan fingerprint density at radius 1 is 1.35 bits per heavy atom. The van der Waals surface area contributed by atoms with Crippen LogP contribution in [0.2, 0.25) is 10.0 Å². The average molecular weight is 430 g/mol. The number of hydrogen-bond acceptors (Lipinski definition) is 6. The first-order chi connectivity index (χ1) is 12.4. The van der Waals surface area contributed by atoms with Gasteiger partial charge in [-0.25, -0.2) is 9.78 Å². The van der Waals surface area contributed by atoms with Gasteiger partial charge in [0.05, 0.1) is 32.4 Å². The molecular weight excluding hydrogens is 421 g/mol. The number of hydrogen-bond donors (Lipinski definition) is 3. The Bertz CT molecular complexity index is 1080. The van der Waals surface area contributed by atoms with Crippen molar-refractivity contribution in [2.45, 2.75) is 5.16 Å². The minimum Gasteiger partial charge on any atom is -0.478 e. The van der Waals surface area contributed by atoms with Gasteiger partial charge in [-0.1, -0.05) is 41.0 Å². The van der Waals surface area contributed by atoms with Gasteiger partial charge >= 0.3 is 5.97 Å². The molecule has 3 N–H and O–H groups in total. The third-order valence-corrected chi connectivity index (χ3v) is 5.78. The van der Waals surface area contributed by atoms with E-state index in [0.717, 1.165) is 23.1 Å². The van der Waals surface area contributed by atoms with Crippen LogP contribution in [0.1, 0.15) is 10.4 Å². The Morgan fingerprint density at radius 2 is 2.12 bits per heavy atom. The van der Waals surface area contributed by atoms with E-state index < -0.39 is 11.5 Å². The predicted molar refractivity (Wildman–Crippen MR) is 103 cm³/mol. The number of halogens is 2. The van der Waals surface area contributed by atoms with Gasteiger partial charge in [-0.05, 0) is 12.1 Å². The third-order valence-electron chi connectivity index (χ3n) is 3.22. The molecule has 3 aromatic rings. The number of amides is 1. The zero-order chi connectivity index (χ0) is 18.8. The number of aromatic carboxylic acids is 1. The van der Waals surface area contributed by atoms with E-state index in [4.69, 9.17) is 28.3 Å². The Kier molecular flexibility index (Phi) is 5.52. The van der Waals surface area contributed by atoms with Gasteiger partial charge in [0.1, 0.15) is 4.83 Å². The number of aromatic nitrogens is 2. The van der Waals surface area contributed by atoms with Crippen LogP contribution in [0.3, 0.4) is 0 Å². The van der Waals surface area contributed by atoms with Crippen molar-refractivity contribution >= 4 is 74.1 Å². The second kappa shape index (κ2) is 7.67. The van der Waals surface area contributed by atoms with Gasteiger partial charge in [0.2, 0.25) is 5.91 Å². The number of carbonyl (C=O) groups excluding carboxylic acids is 1. The molecule has 1 amide bonds. The number of thioether (sulfide) groups is 1. The van der Waals surface area contributed by atoms with Crippen molar-refractivity contribution in [1.29, 1.82) is 0 Å². The Balaban J connectivity index is 1.73. The summed E-state index contributed by atoms with van der Waals surface area (Å²) in [6.45, 7) is 0. The number of carboxylic acids is 1. The molecule has 0 bridgehead atoms. The number of nitrogens with one attached hydrogen (secondary N) is 2. The molecule has 3 rings (SSSR count). The maximum absolute atomic E-state index is 12.1. The van der Waals surface area contributed by atoms with Gasteiger partial charge < -0.3 is 15.4 Å². The second-order valence-corrected chi connectivity index (χ2v) is 7.55. The van der Waals surface area contributed by atoms with Gasteiger partial charge in [0.15, 0.2) is 5.16 Å². The van der Waals surface area contributed by atoms with Gasteiger partial charge in [-0.2, -0.15) is 0 Å². The molecule has 0 saturated carbocycles. The first kappa shape index (κ1) is 18.7. The summed E-state index contributed by atoms with van der Waals surface area (Å²) in [5.74, 6) is -1.59. The molecule has 1 aromatic carbocycles. The van der Waals surface area contributed by atoms with Crippen LogP contribution in [-0.2, 0) is 4.79 Å². The largest absolute Gasteiger partial charge is 0.478 e. The lowest BCUT2D eigenvalue weighted by Gasteiger charge is -2.07. The number of aromatic amines is 1. The van der Waals surface area contributed by atoms with E-state index in [2.05, 4.69) is 15.3 Å². The van der Waals surface area contributed by atoms with Crippen molar-refractivity contribution in [2.75, 3.05) is 11.1 Å². The summed E-state index contributed by atoms with van der Waals surface area (Å²) in [5, 5.41) is 13.9. The number of anilines is 1. The SMILES string of the molecule is O=C(CSc1nc2scc(C(=O)O)c2c(=O)[nH]1)Nc1cccc(Cl)c1Cl. The molecule has 134 valence electrons. The molecule has 26 heavy (non-hydrogen) atoms. The number of fused-ring (bicyclic) bond motifs is 1. The summed E-state index contributed by atoms with van der Waals surface area (Å²) in [4.78, 5) is 42.2. The van der Waals surface area contributed by atoms with E-state index in [0.29, 0.717) is 15.5 Å². The van der Waals surface area contributed by atoms with Crippen LogP contribution in [0.25, 0.3) is 10.2 Å². The molecule has 0 spiro atoms. The quantitative estimate of drug-likeness (QED) is 0.420. The Hall–Kier alpha value is -2.07. The summed E-state index contributed by atoms with van der Waals surface area (Å²) in [7, 11) is 0. The molecule has 0 unspecified atom stereocenters. The van der Waals surface area contributed by atoms with Crippen molar-refractivity contribution in [3.63, 3.8) is 0 Å². The summed E-state index contributed by atoms with van der Waals surface area (Å²) < 4.78 is 0. The number of H-pyrrole nitrogens is 1. The molecular formula is C15H9Cl2N3O4S2. The van der Waals surface area contributed by atoms with Crippen LogP contribution in [0.5, 0.6) is 0 Å². The van der Waals surface area contributed by atoms with Crippen LogP contribution in [0.15, 0.2) is 33.5 Å². The summed E-state index contributed by atoms with van der Waals surface area (Å²) in [6, 6.07) is 4.87. The number of carbonyl (C=O) groups is 2. The van der Waals surface area contributed by atoms with Crippen molar-refractivity contribution in [2.24, 2.45) is 0 Å². The molecule has 2 aromatic heterocycles. The van der Waals surface area contributed by atoms with E-state index in [1.165, 1.54) is 5.38 Å². The Labute approximate surface area is 164 Å². The van der Waals surface area contributed by atoms with Crippen molar-refractivity contribution in [1.82, 2.24) is 9.97 Å². The lowest BCUT2D eigenvalue weighted by atomic mass is 10.2. The molecule has 0 aliphatic heterocycles. The van der Waals surface area contributed by atoms with E-state index in [1.807, 2.05) is 0 Å². The maximum Gasteiger partial charge on any atom is 0.337 e. The topological polar surface area (TPSA) is 112 Å². The zero-order valence-electron chi connectivity index (χ0n) is 12.7. The first-order valence-corrected chi connectivity index (χ1v) is 9.60. The lowest BCUT2D eigenvalue weighted by Crippen LogP contribution is -2.16. The Morgan fingerprint density at radius 3 is 2.85 bits per heavy atom. The van der Waals surface area contributed by atoms with Crippen LogP contribution in [-0.4, -0.2) is 32.7 Å². The highest BCUT2D eigenvalue weighted by Crippen LogP contribution is 2.30. The average Bonchev–Trinajstić information content (AvgIpc) is 3.02. The third kappa shape index (κ3) is 3.85. The van der Waals surface area contributed by atoms with Gasteiger partial charge in [-0.3, -0.25) is 9.59 Å². The van der Waals surface area contributed by atoms with Crippen molar-refractivity contribution in [3.05, 3.63) is 49.5 Å². The van der Waals surface area contributed by atoms with E-state index in [1.54, 1.807) is 18.2 Å². The van der Waals surface area contributed by atoms with Crippen LogP contribution < -0.4 is 10.9 Å². The van der Waals surface area contributed by atoms with Crippen LogP contribution in [0, 0.1) is 0 Å². The highest BCUT2D eigenvalue weighted by Gasteiger charge is 2.17. The molecule has 2 heterocycles. The molecule has 0 aliphatic carbocycles. The van der Waals surface area contributed by atoms with Gasteiger partial charge in [0, 0.05) is 5.38 Å². The fourth-order valence-electron chi connectivity index (χ4n) is 2.08. The predicted octanol–water partition coefficient (Wildman–Crippen LogP) is 3.72. The summed E-state index contributed by atoms with van der Waals surface area (Å²) >= 11 is 14.0. The molecule has 0 radical (unpaired) electrons. The first-order valence-electron chi connectivity index (χ1n) is 6.98. The minimum atomic E-state index is -1.19. The molecule has 0 fully saturated rings. The molecule has 11 heteroatoms. The number of carboxylic acid groups (broad SMARTS) is 1. The molecule has 0 atom stereocenters. The van der Waals surface area contributed by atoms with Crippen LogP contribution >= 0.6 is 46.3 Å². The van der Waals surface area contributed by atoms with Crippen molar-refractivity contribution in [3.8, 4) is 0 Å². The van der Waals surface area contributed by atoms with Gasteiger partial charge in [-0.15, -0.1) is 11.3 Å². The lowest BCUT2D eigenvalue weighted by molar-refractivity contribution is -0.113. The minimum absolute atomic E-state index is 0.0296. The fourth-order valence-corrected chi connectivity index (χ4v) is 4.05. The van der Waals surface area contributed by atoms with E-state index in [9.17, 15) is 14.4 Å². The zero-order valence-corrected chi connectivity index (χ0v) is 15.9. The molecule has 0 saturated heterocycles. The van der Waals surface area contributed by atoms with E-state index >= 15 is 0 Å². The maximum atomic E-state index is 12.1. The normalized spacial score (nSPS) is 10.8. The van der Waals surface area contributed by atoms with Crippen LogP contribution in [0.4, 0.5) is 5.69 Å². The number of thiophene rings is 1. The van der Waals surface area contributed by atoms with Gasteiger partial charge in [0.25, 0.3) is 5.56 Å².